The summed E-state index contributed by atoms with van der Waals surface area (Å²) in [4.78, 5) is 25.0. The fourth-order valence-corrected chi connectivity index (χ4v) is 1.25. The van der Waals surface area contributed by atoms with Crippen LogP contribution in [0.1, 0.15) is 33.6 Å². The molecule has 0 spiro atoms. The van der Waals surface area contributed by atoms with Gasteiger partial charge in [-0.05, 0) is 12.3 Å². The molecule has 0 aliphatic rings. The molecule has 0 saturated carbocycles. The first-order chi connectivity index (χ1) is 6.91. The number of esters is 1. The van der Waals surface area contributed by atoms with Crippen molar-refractivity contribution in [1.29, 1.82) is 0 Å². The van der Waals surface area contributed by atoms with E-state index in [4.69, 9.17) is 10.3 Å². The molecule has 0 aromatic rings. The van der Waals surface area contributed by atoms with E-state index in [2.05, 4.69) is 4.79 Å². The van der Waals surface area contributed by atoms with E-state index in [0.29, 0.717) is 6.61 Å². The molecule has 0 N–H and O–H groups in total. The molecule has 0 fully saturated rings. The SMILES string of the molecule is CCOC(=O)CC(C)(C)CC(=O)C=[N+]=[N-]. The third-order valence-electron chi connectivity index (χ3n) is 1.78. The summed E-state index contributed by atoms with van der Waals surface area (Å²) in [6.45, 7) is 5.63. The van der Waals surface area contributed by atoms with Gasteiger partial charge in [0.25, 0.3) is 0 Å². The third-order valence-corrected chi connectivity index (χ3v) is 1.78. The Kier molecular flexibility index (Phi) is 5.49. The highest BCUT2D eigenvalue weighted by molar-refractivity contribution is 6.25. The number of rotatable bonds is 6. The van der Waals surface area contributed by atoms with Crippen LogP contribution in [-0.2, 0) is 14.3 Å². The second-order valence-electron chi connectivity index (χ2n) is 4.03. The van der Waals surface area contributed by atoms with Crippen molar-refractivity contribution in [2.75, 3.05) is 6.61 Å². The van der Waals surface area contributed by atoms with Crippen LogP contribution in [0.15, 0.2) is 0 Å². The first-order valence-electron chi connectivity index (χ1n) is 4.77. The van der Waals surface area contributed by atoms with Crippen molar-refractivity contribution in [3.63, 3.8) is 0 Å². The summed E-state index contributed by atoms with van der Waals surface area (Å²) < 4.78 is 4.79. The lowest BCUT2D eigenvalue weighted by Gasteiger charge is -2.20. The minimum absolute atomic E-state index is 0.149. The van der Waals surface area contributed by atoms with Gasteiger partial charge >= 0.3 is 12.2 Å². The Morgan fingerprint density at radius 3 is 2.47 bits per heavy atom. The van der Waals surface area contributed by atoms with Gasteiger partial charge in [-0.15, -0.1) is 0 Å². The Hall–Kier alpha value is -1.48. The van der Waals surface area contributed by atoms with Gasteiger partial charge in [-0.25, -0.2) is 0 Å². The first-order valence-corrected chi connectivity index (χ1v) is 4.77. The molecule has 0 aromatic carbocycles. The molecule has 15 heavy (non-hydrogen) atoms. The van der Waals surface area contributed by atoms with E-state index in [1.54, 1.807) is 20.8 Å². The average Bonchev–Trinajstić information content (AvgIpc) is 2.01. The molecule has 0 aromatic heterocycles. The third kappa shape index (κ3) is 6.57. The van der Waals surface area contributed by atoms with Gasteiger partial charge in [0.1, 0.15) is 0 Å². The van der Waals surface area contributed by atoms with Crippen LogP contribution >= 0.6 is 0 Å². The maximum atomic E-state index is 11.2. The summed E-state index contributed by atoms with van der Waals surface area (Å²) in [7, 11) is 0. The lowest BCUT2D eigenvalue weighted by Crippen LogP contribution is -2.23. The number of carbonyl (C=O) groups excluding carboxylic acids is 2. The van der Waals surface area contributed by atoms with E-state index in [1.165, 1.54) is 0 Å². The quantitative estimate of drug-likeness (QED) is 0.287. The Labute approximate surface area is 89.0 Å². The van der Waals surface area contributed by atoms with Gasteiger partial charge < -0.3 is 10.3 Å². The highest BCUT2D eigenvalue weighted by Crippen LogP contribution is 2.25. The number of carbonyl (C=O) groups is 2. The lowest BCUT2D eigenvalue weighted by atomic mass is 9.84. The van der Waals surface area contributed by atoms with E-state index in [0.717, 1.165) is 6.21 Å². The Morgan fingerprint density at radius 1 is 1.40 bits per heavy atom. The number of hydrogen-bond donors (Lipinski definition) is 0. The fourth-order valence-electron chi connectivity index (χ4n) is 1.25. The second kappa shape index (κ2) is 6.09. The van der Waals surface area contributed by atoms with Crippen LogP contribution in [0.2, 0.25) is 0 Å². The summed E-state index contributed by atoms with van der Waals surface area (Å²) in [5, 5.41) is 0. The zero-order valence-electron chi connectivity index (χ0n) is 9.32. The summed E-state index contributed by atoms with van der Waals surface area (Å²) in [6.07, 6.45) is 1.16. The van der Waals surface area contributed by atoms with Crippen LogP contribution in [0, 0.1) is 5.41 Å². The van der Waals surface area contributed by atoms with Gasteiger partial charge in [-0.2, -0.15) is 4.79 Å². The molecule has 0 saturated heterocycles. The molecule has 0 aliphatic carbocycles. The molecule has 5 nitrogen and oxygen atoms in total. The fraction of sp³-hybridized carbons (Fsp3) is 0.700. The molecule has 5 heteroatoms. The van der Waals surface area contributed by atoms with Crippen molar-refractivity contribution in [2.45, 2.75) is 33.6 Å². The maximum Gasteiger partial charge on any atom is 0.323 e. The normalized spacial score (nSPS) is 10.3. The molecular weight excluding hydrogens is 196 g/mol. The monoisotopic (exact) mass is 212 g/mol. The lowest BCUT2D eigenvalue weighted by molar-refractivity contribution is -0.145. The summed E-state index contributed by atoms with van der Waals surface area (Å²) >= 11 is 0. The number of hydrogen-bond acceptors (Lipinski definition) is 3. The van der Waals surface area contributed by atoms with Crippen LogP contribution < -0.4 is 0 Å². The van der Waals surface area contributed by atoms with E-state index < -0.39 is 5.41 Å². The van der Waals surface area contributed by atoms with Crippen LogP contribution in [-0.4, -0.2) is 29.4 Å². The molecular formula is C10H16N2O3. The van der Waals surface area contributed by atoms with Gasteiger partial charge in [0.05, 0.1) is 13.0 Å². The number of ketones is 1. The van der Waals surface area contributed by atoms with E-state index >= 15 is 0 Å². The molecule has 0 amide bonds. The zero-order chi connectivity index (χ0) is 11.9. The summed E-state index contributed by atoms with van der Waals surface area (Å²) in [6, 6.07) is 0. The van der Waals surface area contributed by atoms with Crippen LogP contribution in [0.25, 0.3) is 5.53 Å². The predicted octanol–water partition coefficient (Wildman–Crippen LogP) is 1.23. The van der Waals surface area contributed by atoms with E-state index in [1.807, 2.05) is 0 Å². The minimum Gasteiger partial charge on any atom is -0.466 e. The molecule has 0 heterocycles. The van der Waals surface area contributed by atoms with Gasteiger partial charge in [-0.1, -0.05) is 13.8 Å². The van der Waals surface area contributed by atoms with E-state index in [-0.39, 0.29) is 24.6 Å². The average molecular weight is 212 g/mol. The Morgan fingerprint density at radius 2 is 2.00 bits per heavy atom. The molecule has 0 bridgehead atoms. The smallest absolute Gasteiger partial charge is 0.323 e. The minimum atomic E-state index is -0.482. The zero-order valence-corrected chi connectivity index (χ0v) is 9.32. The highest BCUT2D eigenvalue weighted by Gasteiger charge is 2.26. The van der Waals surface area contributed by atoms with Crippen LogP contribution in [0.5, 0.6) is 0 Å². The van der Waals surface area contributed by atoms with Crippen molar-refractivity contribution in [3.05, 3.63) is 5.53 Å². The van der Waals surface area contributed by atoms with Crippen molar-refractivity contribution < 1.29 is 19.1 Å². The van der Waals surface area contributed by atoms with Crippen molar-refractivity contribution in [2.24, 2.45) is 5.41 Å². The van der Waals surface area contributed by atoms with Gasteiger partial charge in [0, 0.05) is 6.42 Å². The predicted molar refractivity (Wildman–Crippen MR) is 54.3 cm³/mol. The van der Waals surface area contributed by atoms with Crippen molar-refractivity contribution >= 4 is 18.0 Å². The summed E-state index contributed by atoms with van der Waals surface area (Å²) in [5.41, 5.74) is 7.67. The largest absolute Gasteiger partial charge is 0.466 e. The standard InChI is InChI=1S/C10H16N2O3/c1-4-15-9(14)6-10(2,3)5-8(13)7-12-11/h7H,4-6H2,1-3H3. The molecule has 0 atom stereocenters. The van der Waals surface area contributed by atoms with Gasteiger partial charge in [-0.3, -0.25) is 9.59 Å². The number of ether oxygens (including phenoxy) is 1. The molecule has 0 rings (SSSR count). The number of nitrogens with zero attached hydrogens (tertiary/aromatic N) is 2. The topological polar surface area (TPSA) is 79.8 Å². The Balaban J connectivity index is 4.23. The summed E-state index contributed by atoms with van der Waals surface area (Å²) in [5.74, 6) is -0.636. The molecule has 0 aliphatic heterocycles. The van der Waals surface area contributed by atoms with E-state index in [9.17, 15) is 9.59 Å². The molecule has 0 unspecified atom stereocenters. The second-order valence-corrected chi connectivity index (χ2v) is 4.03. The highest BCUT2D eigenvalue weighted by atomic mass is 16.5. The van der Waals surface area contributed by atoms with Crippen molar-refractivity contribution in [1.82, 2.24) is 0 Å². The molecule has 0 radical (unpaired) electrons. The van der Waals surface area contributed by atoms with Crippen LogP contribution in [0.4, 0.5) is 0 Å². The maximum absolute atomic E-state index is 11.2. The first kappa shape index (κ1) is 13.5. The van der Waals surface area contributed by atoms with Crippen molar-refractivity contribution in [3.8, 4) is 0 Å². The van der Waals surface area contributed by atoms with Gasteiger partial charge in [0.15, 0.2) is 0 Å². The molecule has 84 valence electrons. The number of Topliss-reactive ketones (excluding diaryl/α,β-unsaturated/α-hetero) is 1. The van der Waals surface area contributed by atoms with Crippen LogP contribution in [0.3, 0.4) is 0 Å². The Bertz CT molecular complexity index is 291. The van der Waals surface area contributed by atoms with Gasteiger partial charge in [0.2, 0.25) is 5.78 Å².